The quantitative estimate of drug-likeness (QED) is 0.530. The lowest BCUT2D eigenvalue weighted by Gasteiger charge is -1.98. The van der Waals surface area contributed by atoms with Crippen LogP contribution in [0, 0.1) is 6.92 Å². The Morgan fingerprint density at radius 3 is 2.64 bits per heavy atom. The minimum atomic E-state index is -0.00861. The van der Waals surface area contributed by atoms with Crippen LogP contribution in [-0.2, 0) is 0 Å². The average Bonchev–Trinajstić information content (AvgIpc) is 1.94. The molecule has 1 aromatic heterocycles. The molecule has 0 aliphatic carbocycles. The maximum Gasteiger partial charge on any atom is 0.178 e. The maximum absolute atomic E-state index is 10.8. The van der Waals surface area contributed by atoms with E-state index in [1.165, 1.54) is 6.92 Å². The van der Waals surface area contributed by atoms with Gasteiger partial charge in [0.15, 0.2) is 5.78 Å². The summed E-state index contributed by atoms with van der Waals surface area (Å²) in [5.74, 6) is -0.00861. The van der Waals surface area contributed by atoms with E-state index in [-0.39, 0.29) is 5.78 Å². The molecule has 0 aliphatic rings. The van der Waals surface area contributed by atoms with Crippen molar-refractivity contribution in [3.05, 3.63) is 28.0 Å². The van der Waals surface area contributed by atoms with Crippen LogP contribution < -0.4 is 0 Å². The van der Waals surface area contributed by atoms with Gasteiger partial charge in [-0.1, -0.05) is 6.07 Å². The van der Waals surface area contributed by atoms with E-state index in [1.807, 2.05) is 13.0 Å². The molecule has 0 aromatic carbocycles. The minimum Gasteiger partial charge on any atom is -0.293 e. The minimum absolute atomic E-state index is 0.00861. The topological polar surface area (TPSA) is 30.0 Å². The third kappa shape index (κ3) is 1.87. The molecule has 0 saturated heterocycles. The zero-order valence-electron chi connectivity index (χ0n) is 6.39. The number of ketones is 1. The first-order valence-corrected chi connectivity index (χ1v) is 4.04. The zero-order chi connectivity index (χ0) is 8.43. The summed E-state index contributed by atoms with van der Waals surface area (Å²) in [7, 11) is 0. The Kier molecular flexibility index (Phi) is 2.39. The van der Waals surface area contributed by atoms with E-state index in [0.29, 0.717) is 5.69 Å². The number of Topliss-reactive ketones (excluding diaryl/α,β-unsaturated/α-hetero) is 1. The number of aryl methyl sites for hydroxylation is 1. The first kappa shape index (κ1) is 8.40. The fraction of sp³-hybridized carbons (Fsp3) is 0.250. The molecule has 2 nitrogen and oxygen atoms in total. The molecule has 58 valence electrons. The van der Waals surface area contributed by atoms with E-state index >= 15 is 0 Å². The van der Waals surface area contributed by atoms with Crippen molar-refractivity contribution in [2.75, 3.05) is 0 Å². The van der Waals surface area contributed by atoms with Gasteiger partial charge in [-0.3, -0.25) is 4.79 Å². The number of hydrogen-bond acceptors (Lipinski definition) is 2. The average molecular weight is 214 g/mol. The molecular formula is C8H8BrNO. The molecule has 0 unspecified atom stereocenters. The van der Waals surface area contributed by atoms with Crippen LogP contribution in [0.5, 0.6) is 0 Å². The summed E-state index contributed by atoms with van der Waals surface area (Å²) in [6.07, 6.45) is 0. The van der Waals surface area contributed by atoms with E-state index in [9.17, 15) is 4.79 Å². The van der Waals surface area contributed by atoms with Crippen LogP contribution in [-0.4, -0.2) is 10.8 Å². The zero-order valence-corrected chi connectivity index (χ0v) is 7.97. The van der Waals surface area contributed by atoms with E-state index < -0.39 is 0 Å². The largest absolute Gasteiger partial charge is 0.293 e. The van der Waals surface area contributed by atoms with Crippen molar-refractivity contribution in [2.24, 2.45) is 0 Å². The van der Waals surface area contributed by atoms with Crippen LogP contribution in [0.2, 0.25) is 0 Å². The number of rotatable bonds is 1. The summed E-state index contributed by atoms with van der Waals surface area (Å²) in [5, 5.41) is 0. The maximum atomic E-state index is 10.8. The van der Waals surface area contributed by atoms with Crippen LogP contribution in [0.4, 0.5) is 0 Å². The second-order valence-corrected chi connectivity index (χ2v) is 3.11. The molecule has 0 bridgehead atoms. The van der Waals surface area contributed by atoms with Crippen molar-refractivity contribution < 1.29 is 4.79 Å². The highest BCUT2D eigenvalue weighted by molar-refractivity contribution is 9.10. The van der Waals surface area contributed by atoms with Gasteiger partial charge in [-0.25, -0.2) is 4.98 Å². The number of carbonyl (C=O) groups excluding carboxylic acids is 1. The van der Waals surface area contributed by atoms with E-state index in [4.69, 9.17) is 0 Å². The summed E-state index contributed by atoms with van der Waals surface area (Å²) >= 11 is 3.25. The monoisotopic (exact) mass is 213 g/mol. The van der Waals surface area contributed by atoms with Crippen LogP contribution in [0.1, 0.15) is 23.0 Å². The normalized spacial score (nSPS) is 9.73. The molecule has 0 atom stereocenters. The van der Waals surface area contributed by atoms with Crippen LogP contribution in [0.3, 0.4) is 0 Å². The Morgan fingerprint density at radius 1 is 1.55 bits per heavy atom. The Bertz CT molecular complexity index is 296. The summed E-state index contributed by atoms with van der Waals surface area (Å²) in [6.45, 7) is 3.44. The van der Waals surface area contributed by atoms with Crippen molar-refractivity contribution in [3.8, 4) is 0 Å². The highest BCUT2D eigenvalue weighted by atomic mass is 79.9. The third-order valence-corrected chi connectivity index (χ3v) is 2.20. The Labute approximate surface area is 73.8 Å². The molecule has 1 heterocycles. The van der Waals surface area contributed by atoms with Gasteiger partial charge in [0.1, 0.15) is 10.3 Å². The molecule has 3 heteroatoms. The predicted molar refractivity (Wildman–Crippen MR) is 46.7 cm³/mol. The molecule has 0 spiro atoms. The molecule has 0 fully saturated rings. The molecular weight excluding hydrogens is 206 g/mol. The van der Waals surface area contributed by atoms with E-state index in [2.05, 4.69) is 20.9 Å². The fourth-order valence-electron chi connectivity index (χ4n) is 0.700. The van der Waals surface area contributed by atoms with Crippen molar-refractivity contribution >= 4 is 21.7 Å². The van der Waals surface area contributed by atoms with Crippen molar-refractivity contribution in [1.82, 2.24) is 4.98 Å². The fourth-order valence-corrected chi connectivity index (χ4v) is 1.02. The van der Waals surface area contributed by atoms with Gasteiger partial charge in [0.05, 0.1) is 0 Å². The molecule has 0 saturated carbocycles. The highest BCUT2D eigenvalue weighted by Crippen LogP contribution is 2.12. The third-order valence-electron chi connectivity index (χ3n) is 1.40. The lowest BCUT2D eigenvalue weighted by atomic mass is 10.2. The van der Waals surface area contributed by atoms with Gasteiger partial charge in [0.25, 0.3) is 0 Å². The van der Waals surface area contributed by atoms with Crippen molar-refractivity contribution in [3.63, 3.8) is 0 Å². The van der Waals surface area contributed by atoms with Crippen molar-refractivity contribution in [1.29, 1.82) is 0 Å². The summed E-state index contributed by atoms with van der Waals surface area (Å²) in [4.78, 5) is 14.9. The molecule has 0 radical (unpaired) electrons. The van der Waals surface area contributed by atoms with Crippen molar-refractivity contribution in [2.45, 2.75) is 13.8 Å². The summed E-state index contributed by atoms with van der Waals surface area (Å²) in [5.41, 5.74) is 1.54. The van der Waals surface area contributed by atoms with Gasteiger partial charge in [0, 0.05) is 6.92 Å². The first-order chi connectivity index (χ1) is 5.11. The molecule has 0 aliphatic heterocycles. The molecule has 0 amide bonds. The van der Waals surface area contributed by atoms with Crippen LogP contribution >= 0.6 is 15.9 Å². The Balaban J connectivity index is 3.15. The highest BCUT2D eigenvalue weighted by Gasteiger charge is 2.02. The smallest absolute Gasteiger partial charge is 0.178 e. The van der Waals surface area contributed by atoms with E-state index in [0.717, 1.165) is 10.2 Å². The number of hydrogen-bond donors (Lipinski definition) is 0. The predicted octanol–water partition coefficient (Wildman–Crippen LogP) is 2.36. The standard InChI is InChI=1S/C8H8BrNO/c1-5-3-4-7(6(2)11)10-8(5)9/h3-4H,1-2H3. The SMILES string of the molecule is CC(=O)c1ccc(C)c(Br)n1. The second-order valence-electron chi connectivity index (χ2n) is 2.36. The second kappa shape index (κ2) is 3.13. The number of nitrogens with zero attached hydrogens (tertiary/aromatic N) is 1. The van der Waals surface area contributed by atoms with Crippen LogP contribution in [0.25, 0.3) is 0 Å². The van der Waals surface area contributed by atoms with Gasteiger partial charge >= 0.3 is 0 Å². The van der Waals surface area contributed by atoms with Gasteiger partial charge in [0.2, 0.25) is 0 Å². The first-order valence-electron chi connectivity index (χ1n) is 3.25. The summed E-state index contributed by atoms with van der Waals surface area (Å²) in [6, 6.07) is 3.59. The van der Waals surface area contributed by atoms with Crippen LogP contribution in [0.15, 0.2) is 16.7 Å². The molecule has 1 aromatic rings. The molecule has 0 N–H and O–H groups in total. The Hall–Kier alpha value is -0.700. The van der Waals surface area contributed by atoms with Gasteiger partial charge in [-0.15, -0.1) is 0 Å². The summed E-state index contributed by atoms with van der Waals surface area (Å²) < 4.78 is 0.741. The number of pyridine rings is 1. The number of halogens is 1. The molecule has 1 rings (SSSR count). The number of carbonyl (C=O) groups is 1. The lowest BCUT2D eigenvalue weighted by Crippen LogP contribution is -1.97. The van der Waals surface area contributed by atoms with E-state index in [1.54, 1.807) is 6.07 Å². The Morgan fingerprint density at radius 2 is 2.18 bits per heavy atom. The lowest BCUT2D eigenvalue weighted by molar-refractivity contribution is 0.101. The van der Waals surface area contributed by atoms with Gasteiger partial charge in [-0.2, -0.15) is 0 Å². The molecule has 11 heavy (non-hydrogen) atoms. The van der Waals surface area contributed by atoms with Gasteiger partial charge in [-0.05, 0) is 34.5 Å². The van der Waals surface area contributed by atoms with Gasteiger partial charge < -0.3 is 0 Å². The number of aromatic nitrogens is 1.